The normalized spacial score (nSPS) is 18.1. The fraction of sp³-hybridized carbons (Fsp3) is 0.389. The van der Waals surface area contributed by atoms with Crippen molar-refractivity contribution in [1.82, 2.24) is 9.71 Å². The van der Waals surface area contributed by atoms with Gasteiger partial charge >= 0.3 is 6.18 Å². The van der Waals surface area contributed by atoms with E-state index in [-0.39, 0.29) is 17.3 Å². The monoisotopic (exact) mass is 431 g/mol. The van der Waals surface area contributed by atoms with Gasteiger partial charge < -0.3 is 14.6 Å². The van der Waals surface area contributed by atoms with E-state index in [0.717, 1.165) is 19.2 Å². The zero-order chi connectivity index (χ0) is 21.4. The van der Waals surface area contributed by atoms with Gasteiger partial charge in [0.15, 0.2) is 0 Å². The molecule has 2 aromatic rings. The maximum absolute atomic E-state index is 13.7. The average Bonchev–Trinajstić information content (AvgIpc) is 2.66. The molecule has 0 spiro atoms. The van der Waals surface area contributed by atoms with Crippen LogP contribution in [-0.2, 0) is 20.9 Å². The summed E-state index contributed by atoms with van der Waals surface area (Å²) >= 11 is 0. The number of alkyl halides is 3. The number of aromatic amines is 1. The summed E-state index contributed by atoms with van der Waals surface area (Å²) in [5.41, 5.74) is -1.60. The molecule has 3 rings (SSSR count). The number of hydrogen-bond donors (Lipinski definition) is 2. The van der Waals surface area contributed by atoms with Crippen LogP contribution in [0.15, 0.2) is 40.0 Å². The van der Waals surface area contributed by atoms with Crippen molar-refractivity contribution in [1.29, 1.82) is 0 Å². The Morgan fingerprint density at radius 3 is 2.59 bits per heavy atom. The SMILES string of the molecule is CNS(=O)(=O)c1ccc(-c2cc(N3CCOC[C@H]3C)cc(=O)[nH]2)c(C(F)(F)F)c1. The predicted molar refractivity (Wildman–Crippen MR) is 101 cm³/mol. The number of pyridine rings is 1. The summed E-state index contributed by atoms with van der Waals surface area (Å²) < 4.78 is 72.3. The van der Waals surface area contributed by atoms with Crippen LogP contribution in [0.3, 0.4) is 0 Å². The molecule has 1 aromatic heterocycles. The molecule has 0 radical (unpaired) electrons. The minimum absolute atomic E-state index is 0.0491. The Balaban J connectivity index is 2.16. The second-order valence-electron chi connectivity index (χ2n) is 6.65. The third-order valence-electron chi connectivity index (χ3n) is 4.69. The molecule has 1 aliphatic rings. The number of rotatable bonds is 4. The maximum atomic E-state index is 13.7. The highest BCUT2D eigenvalue weighted by Crippen LogP contribution is 2.38. The molecule has 0 aliphatic carbocycles. The third-order valence-corrected chi connectivity index (χ3v) is 6.11. The number of hydrogen-bond acceptors (Lipinski definition) is 5. The number of halogens is 3. The van der Waals surface area contributed by atoms with E-state index < -0.39 is 32.2 Å². The minimum atomic E-state index is -4.83. The first-order valence-corrected chi connectivity index (χ1v) is 10.2. The molecule has 0 bridgehead atoms. The first-order chi connectivity index (χ1) is 13.5. The van der Waals surface area contributed by atoms with Crippen molar-refractivity contribution in [3.63, 3.8) is 0 Å². The van der Waals surface area contributed by atoms with Crippen molar-refractivity contribution in [2.75, 3.05) is 31.7 Å². The number of aromatic nitrogens is 1. The van der Waals surface area contributed by atoms with Crippen molar-refractivity contribution < 1.29 is 26.3 Å². The topological polar surface area (TPSA) is 91.5 Å². The lowest BCUT2D eigenvalue weighted by Gasteiger charge is -2.35. The van der Waals surface area contributed by atoms with E-state index in [2.05, 4.69) is 4.98 Å². The molecule has 0 unspecified atom stereocenters. The Morgan fingerprint density at radius 2 is 1.97 bits per heavy atom. The number of H-pyrrole nitrogens is 1. The van der Waals surface area contributed by atoms with E-state index in [1.807, 2.05) is 16.5 Å². The van der Waals surface area contributed by atoms with E-state index in [1.54, 1.807) is 0 Å². The number of ether oxygens (including phenoxy) is 1. The number of sulfonamides is 1. The van der Waals surface area contributed by atoms with Gasteiger partial charge in [0.25, 0.3) is 0 Å². The van der Waals surface area contributed by atoms with Crippen LogP contribution in [0.4, 0.5) is 18.9 Å². The summed E-state index contributed by atoms with van der Waals surface area (Å²) in [6.07, 6.45) is -4.83. The molecular formula is C18H20F3N3O4S. The Labute approximate surface area is 165 Å². The van der Waals surface area contributed by atoms with Gasteiger partial charge in [-0.05, 0) is 32.2 Å². The lowest BCUT2D eigenvalue weighted by Crippen LogP contribution is -2.44. The first-order valence-electron chi connectivity index (χ1n) is 8.77. The van der Waals surface area contributed by atoms with Gasteiger partial charge in [0, 0.05) is 29.9 Å². The Hall–Kier alpha value is -2.37. The fourth-order valence-electron chi connectivity index (χ4n) is 3.23. The van der Waals surface area contributed by atoms with Crippen LogP contribution < -0.4 is 15.2 Å². The molecule has 1 aliphatic heterocycles. The summed E-state index contributed by atoms with van der Waals surface area (Å²) in [5, 5.41) is 0. The molecule has 1 aromatic carbocycles. The van der Waals surface area contributed by atoms with Gasteiger partial charge in [-0.15, -0.1) is 0 Å². The van der Waals surface area contributed by atoms with Crippen molar-refractivity contribution in [3.8, 4) is 11.3 Å². The second-order valence-corrected chi connectivity index (χ2v) is 8.53. The van der Waals surface area contributed by atoms with E-state index >= 15 is 0 Å². The van der Waals surface area contributed by atoms with Crippen molar-refractivity contribution in [2.24, 2.45) is 0 Å². The van der Waals surface area contributed by atoms with E-state index in [1.165, 1.54) is 12.1 Å². The highest BCUT2D eigenvalue weighted by Gasteiger charge is 2.35. The van der Waals surface area contributed by atoms with Gasteiger partial charge in [0.2, 0.25) is 15.6 Å². The van der Waals surface area contributed by atoms with Crippen molar-refractivity contribution in [2.45, 2.75) is 24.0 Å². The number of nitrogens with zero attached hydrogens (tertiary/aromatic N) is 1. The number of benzene rings is 1. The van der Waals surface area contributed by atoms with Crippen molar-refractivity contribution >= 4 is 15.7 Å². The van der Waals surface area contributed by atoms with Crippen molar-refractivity contribution in [3.05, 3.63) is 46.2 Å². The predicted octanol–water partition coefficient (Wildman–Crippen LogP) is 2.19. The molecule has 29 heavy (non-hydrogen) atoms. The molecule has 0 amide bonds. The smallest absolute Gasteiger partial charge is 0.377 e. The highest BCUT2D eigenvalue weighted by molar-refractivity contribution is 7.89. The lowest BCUT2D eigenvalue weighted by atomic mass is 10.0. The van der Waals surface area contributed by atoms with Gasteiger partial charge in [-0.2, -0.15) is 13.2 Å². The first kappa shape index (κ1) is 21.3. The largest absolute Gasteiger partial charge is 0.417 e. The molecule has 11 heteroatoms. The van der Waals surface area contributed by atoms with E-state index in [9.17, 15) is 26.4 Å². The lowest BCUT2D eigenvalue weighted by molar-refractivity contribution is -0.137. The molecule has 2 N–H and O–H groups in total. The summed E-state index contributed by atoms with van der Waals surface area (Å²) in [6, 6.07) is 5.40. The van der Waals surface area contributed by atoms with Crippen LogP contribution in [0, 0.1) is 0 Å². The fourth-order valence-corrected chi connectivity index (χ4v) is 3.98. The minimum Gasteiger partial charge on any atom is -0.377 e. The van der Waals surface area contributed by atoms with Gasteiger partial charge in [-0.1, -0.05) is 6.07 Å². The molecule has 1 saturated heterocycles. The van der Waals surface area contributed by atoms with Crippen LogP contribution in [0.5, 0.6) is 0 Å². The van der Waals surface area contributed by atoms with Crippen LogP contribution in [-0.4, -0.2) is 46.2 Å². The Bertz CT molecular complexity index is 1070. The molecule has 1 fully saturated rings. The Morgan fingerprint density at radius 1 is 1.24 bits per heavy atom. The van der Waals surface area contributed by atoms with E-state index in [4.69, 9.17) is 4.74 Å². The summed E-state index contributed by atoms with van der Waals surface area (Å²) in [5.74, 6) is 0. The highest BCUT2D eigenvalue weighted by atomic mass is 32.2. The molecule has 1 atom stereocenters. The number of anilines is 1. The van der Waals surface area contributed by atoms with Gasteiger partial charge in [0.1, 0.15) is 0 Å². The Kier molecular flexibility index (Phi) is 5.74. The van der Waals surface area contributed by atoms with Crippen LogP contribution >= 0.6 is 0 Å². The summed E-state index contributed by atoms with van der Waals surface area (Å²) in [7, 11) is -2.95. The zero-order valence-corrected chi connectivity index (χ0v) is 16.5. The average molecular weight is 431 g/mol. The molecule has 7 nitrogen and oxygen atoms in total. The van der Waals surface area contributed by atoms with Crippen LogP contribution in [0.25, 0.3) is 11.3 Å². The standard InChI is InChI=1S/C18H20F3N3O4S/c1-11-10-28-6-5-24(11)12-7-16(23-17(25)8-12)14-4-3-13(29(26,27)22-2)9-15(14)18(19,20)21/h3-4,7-9,11,22H,5-6,10H2,1-2H3,(H,23,25)/t11-/m1/s1. The van der Waals surface area contributed by atoms with Crippen LogP contribution in [0.2, 0.25) is 0 Å². The van der Waals surface area contributed by atoms with E-state index in [0.29, 0.717) is 31.5 Å². The molecular weight excluding hydrogens is 411 g/mol. The van der Waals surface area contributed by atoms with Gasteiger partial charge in [0.05, 0.1) is 29.4 Å². The van der Waals surface area contributed by atoms with Gasteiger partial charge in [-0.3, -0.25) is 4.79 Å². The summed E-state index contributed by atoms with van der Waals surface area (Å²) in [4.78, 5) is 16.0. The second kappa shape index (κ2) is 7.81. The number of nitrogens with one attached hydrogen (secondary N) is 2. The third kappa shape index (κ3) is 4.46. The zero-order valence-electron chi connectivity index (χ0n) is 15.7. The molecule has 0 saturated carbocycles. The van der Waals surface area contributed by atoms with Gasteiger partial charge in [-0.25, -0.2) is 13.1 Å². The maximum Gasteiger partial charge on any atom is 0.417 e. The number of morpholine rings is 1. The summed E-state index contributed by atoms with van der Waals surface area (Å²) in [6.45, 7) is 3.26. The molecule has 2 heterocycles. The molecule has 158 valence electrons. The van der Waals surface area contributed by atoms with Crippen LogP contribution in [0.1, 0.15) is 12.5 Å². The quantitative estimate of drug-likeness (QED) is 0.775.